The molecule has 0 bridgehead atoms. The third kappa shape index (κ3) is 3.89. The summed E-state index contributed by atoms with van der Waals surface area (Å²) in [6.45, 7) is 1.79. The number of halogens is 2. The van der Waals surface area contributed by atoms with Crippen molar-refractivity contribution < 1.29 is 8.42 Å². The van der Waals surface area contributed by atoms with E-state index in [1.807, 2.05) is 0 Å². The molecule has 0 unspecified atom stereocenters. The molecule has 3 nitrogen and oxygen atoms in total. The lowest BCUT2D eigenvalue weighted by Crippen LogP contribution is -2.16. The van der Waals surface area contributed by atoms with Gasteiger partial charge < -0.3 is 0 Å². The van der Waals surface area contributed by atoms with Crippen molar-refractivity contribution in [2.45, 2.75) is 13.3 Å². The van der Waals surface area contributed by atoms with Crippen LogP contribution in [0.1, 0.15) is 13.3 Å². The predicted molar refractivity (Wildman–Crippen MR) is 63.0 cm³/mol. The molecular weight excluding hydrogens is 257 g/mol. The fourth-order valence-corrected chi connectivity index (χ4v) is 2.63. The third-order valence-electron chi connectivity index (χ3n) is 1.60. The maximum Gasteiger partial charge on any atom is 0.232 e. The van der Waals surface area contributed by atoms with Gasteiger partial charge >= 0.3 is 0 Å². The first-order valence-corrected chi connectivity index (χ1v) is 6.73. The number of benzene rings is 1. The Morgan fingerprint density at radius 2 is 2.07 bits per heavy atom. The lowest BCUT2D eigenvalue weighted by Gasteiger charge is -2.08. The van der Waals surface area contributed by atoms with Gasteiger partial charge in [0.05, 0.1) is 21.5 Å². The summed E-state index contributed by atoms with van der Waals surface area (Å²) in [7, 11) is -3.32. The monoisotopic (exact) mass is 266 g/mol. The van der Waals surface area contributed by atoms with E-state index < -0.39 is 10.0 Å². The minimum absolute atomic E-state index is 0.0615. The molecule has 1 aromatic carbocycles. The van der Waals surface area contributed by atoms with Crippen molar-refractivity contribution in [3.05, 3.63) is 28.2 Å². The first kappa shape index (κ1) is 12.6. The van der Waals surface area contributed by atoms with E-state index in [9.17, 15) is 8.42 Å². The Morgan fingerprint density at radius 3 is 2.60 bits per heavy atom. The lowest BCUT2D eigenvalue weighted by atomic mass is 10.3. The van der Waals surface area contributed by atoms with Crippen LogP contribution in [-0.4, -0.2) is 14.2 Å². The highest BCUT2D eigenvalue weighted by Gasteiger charge is 2.11. The number of rotatable bonds is 4. The third-order valence-corrected chi connectivity index (χ3v) is 3.60. The molecule has 0 aliphatic carbocycles. The van der Waals surface area contributed by atoms with Crippen molar-refractivity contribution in [1.29, 1.82) is 0 Å². The molecule has 0 fully saturated rings. The first-order chi connectivity index (χ1) is 6.94. The van der Waals surface area contributed by atoms with Gasteiger partial charge in [-0.1, -0.05) is 30.1 Å². The highest BCUT2D eigenvalue weighted by molar-refractivity contribution is 7.92. The summed E-state index contributed by atoms with van der Waals surface area (Å²) in [6.07, 6.45) is 0.546. The molecule has 1 radical (unpaired) electrons. The second-order valence-corrected chi connectivity index (χ2v) is 5.58. The maximum atomic E-state index is 11.4. The van der Waals surface area contributed by atoms with Gasteiger partial charge in [0.1, 0.15) is 0 Å². The standard InChI is InChI=1S/C9H10Cl2NO2S/c1-2-5-15(13,14)12-9-4-3-7(10)6-8(9)11/h3-4,12H,2,5H2,1H3. The second-order valence-electron chi connectivity index (χ2n) is 2.95. The topological polar surface area (TPSA) is 46.2 Å². The molecule has 1 N–H and O–H groups in total. The van der Waals surface area contributed by atoms with Crippen LogP contribution in [0.25, 0.3) is 0 Å². The molecule has 0 heterocycles. The Balaban J connectivity index is 2.90. The molecule has 1 rings (SSSR count). The van der Waals surface area contributed by atoms with Crippen LogP contribution in [0.3, 0.4) is 0 Å². The smallest absolute Gasteiger partial charge is 0.232 e. The average Bonchev–Trinajstić information content (AvgIpc) is 2.09. The number of nitrogens with one attached hydrogen (secondary N) is 1. The maximum absolute atomic E-state index is 11.4. The van der Waals surface area contributed by atoms with Gasteiger partial charge in [0, 0.05) is 6.07 Å². The van der Waals surface area contributed by atoms with Gasteiger partial charge in [0.25, 0.3) is 0 Å². The zero-order valence-electron chi connectivity index (χ0n) is 8.05. The molecule has 0 saturated carbocycles. The number of hydrogen-bond acceptors (Lipinski definition) is 2. The molecule has 0 aliphatic heterocycles. The molecule has 0 spiro atoms. The van der Waals surface area contributed by atoms with Crippen LogP contribution in [0, 0.1) is 6.07 Å². The van der Waals surface area contributed by atoms with E-state index >= 15 is 0 Å². The van der Waals surface area contributed by atoms with Crippen molar-refractivity contribution in [2.75, 3.05) is 10.5 Å². The normalized spacial score (nSPS) is 11.4. The minimum Gasteiger partial charge on any atom is -0.282 e. The molecular formula is C9H10Cl2NO2S. The molecule has 0 aliphatic rings. The van der Waals surface area contributed by atoms with Crippen LogP contribution in [0.15, 0.2) is 12.1 Å². The van der Waals surface area contributed by atoms with Crippen LogP contribution < -0.4 is 4.72 Å². The Morgan fingerprint density at radius 1 is 1.40 bits per heavy atom. The van der Waals surface area contributed by atoms with Crippen LogP contribution in [0.5, 0.6) is 0 Å². The quantitative estimate of drug-likeness (QED) is 0.911. The second kappa shape index (κ2) is 5.05. The summed E-state index contributed by atoms with van der Waals surface area (Å²) in [5, 5.41) is 0.514. The van der Waals surface area contributed by atoms with E-state index in [0.29, 0.717) is 17.1 Å². The van der Waals surface area contributed by atoms with E-state index in [1.54, 1.807) is 6.92 Å². The SMILES string of the molecule is CCCS(=O)(=O)Nc1ccc(Cl)[c]c1Cl. The number of hydrogen-bond donors (Lipinski definition) is 1. The van der Waals surface area contributed by atoms with Crippen molar-refractivity contribution in [2.24, 2.45) is 0 Å². The summed E-state index contributed by atoms with van der Waals surface area (Å²) in [4.78, 5) is 0. The van der Waals surface area contributed by atoms with Gasteiger partial charge in [-0.15, -0.1) is 0 Å². The van der Waals surface area contributed by atoms with Crippen molar-refractivity contribution in [3.8, 4) is 0 Å². The molecule has 0 amide bonds. The van der Waals surface area contributed by atoms with Crippen molar-refractivity contribution >= 4 is 38.9 Å². The van der Waals surface area contributed by atoms with E-state index in [2.05, 4.69) is 10.8 Å². The Kier molecular flexibility index (Phi) is 4.25. The van der Waals surface area contributed by atoms with Crippen LogP contribution in [-0.2, 0) is 10.0 Å². The van der Waals surface area contributed by atoms with Gasteiger partial charge in [-0.2, -0.15) is 0 Å². The van der Waals surface area contributed by atoms with Crippen LogP contribution in [0.4, 0.5) is 5.69 Å². The molecule has 6 heteroatoms. The molecule has 83 valence electrons. The van der Waals surface area contributed by atoms with E-state index in [0.717, 1.165) is 0 Å². The fraction of sp³-hybridized carbons (Fsp3) is 0.333. The van der Waals surface area contributed by atoms with Gasteiger partial charge in [-0.25, -0.2) is 8.42 Å². The highest BCUT2D eigenvalue weighted by atomic mass is 35.5. The minimum atomic E-state index is -3.32. The van der Waals surface area contributed by atoms with Crippen LogP contribution >= 0.6 is 23.2 Å². The summed E-state index contributed by atoms with van der Waals surface area (Å²) in [6, 6.07) is 5.64. The van der Waals surface area contributed by atoms with E-state index in [-0.39, 0.29) is 10.8 Å². The van der Waals surface area contributed by atoms with Crippen molar-refractivity contribution in [1.82, 2.24) is 0 Å². The summed E-state index contributed by atoms with van der Waals surface area (Å²) in [5.41, 5.74) is 0.300. The summed E-state index contributed by atoms with van der Waals surface area (Å²) >= 11 is 11.4. The molecule has 1 aromatic rings. The molecule has 0 saturated heterocycles. The number of sulfonamides is 1. The fourth-order valence-electron chi connectivity index (χ4n) is 1.01. The van der Waals surface area contributed by atoms with Gasteiger partial charge in [0.2, 0.25) is 10.0 Å². The van der Waals surface area contributed by atoms with Crippen LogP contribution in [0.2, 0.25) is 10.0 Å². The number of anilines is 1. The van der Waals surface area contributed by atoms with Crippen molar-refractivity contribution in [3.63, 3.8) is 0 Å². The van der Waals surface area contributed by atoms with Gasteiger partial charge in [-0.3, -0.25) is 4.72 Å². The Labute approximate surface area is 99.4 Å². The zero-order valence-corrected chi connectivity index (χ0v) is 10.4. The molecule has 0 atom stereocenters. The first-order valence-electron chi connectivity index (χ1n) is 4.32. The molecule has 0 aromatic heterocycles. The molecule has 15 heavy (non-hydrogen) atoms. The van der Waals surface area contributed by atoms with Gasteiger partial charge in [-0.05, 0) is 18.6 Å². The van der Waals surface area contributed by atoms with E-state index in [1.165, 1.54) is 12.1 Å². The van der Waals surface area contributed by atoms with Gasteiger partial charge in [0.15, 0.2) is 0 Å². The Bertz CT molecular complexity index is 445. The Hall–Kier alpha value is -0.450. The highest BCUT2D eigenvalue weighted by Crippen LogP contribution is 2.25. The average molecular weight is 267 g/mol. The predicted octanol–water partition coefficient (Wildman–Crippen LogP) is 2.95. The summed E-state index contributed by atoms with van der Waals surface area (Å²) in [5.74, 6) is 0.0615. The lowest BCUT2D eigenvalue weighted by molar-refractivity contribution is 0.600. The van der Waals surface area contributed by atoms with E-state index in [4.69, 9.17) is 23.2 Å². The largest absolute Gasteiger partial charge is 0.282 e. The summed E-state index contributed by atoms with van der Waals surface area (Å²) < 4.78 is 25.2. The zero-order chi connectivity index (χ0) is 11.5.